The third-order valence-electron chi connectivity index (χ3n) is 4.47. The Labute approximate surface area is 173 Å². The highest BCUT2D eigenvalue weighted by molar-refractivity contribution is 5.96. The molecule has 2 amide bonds. The maximum atomic E-state index is 12.8. The molecule has 152 valence electrons. The lowest BCUT2D eigenvalue weighted by Gasteiger charge is -2.22. The van der Waals surface area contributed by atoms with Crippen LogP contribution in [0.4, 0.5) is 0 Å². The number of carbonyl (C=O) groups is 2. The number of benzene rings is 2. The monoisotopic (exact) mass is 403 g/mol. The van der Waals surface area contributed by atoms with Crippen LogP contribution in [0, 0.1) is 6.92 Å². The normalized spacial score (nSPS) is 12.6. The Balaban J connectivity index is 0.00000392. The molecule has 0 fully saturated rings. The summed E-state index contributed by atoms with van der Waals surface area (Å²) >= 11 is 0. The molecule has 0 heterocycles. The van der Waals surface area contributed by atoms with E-state index in [1.165, 1.54) is 0 Å². The maximum absolute atomic E-state index is 12.8. The summed E-state index contributed by atoms with van der Waals surface area (Å²) in [5.74, 6) is -0.149. The van der Waals surface area contributed by atoms with Crippen LogP contribution < -0.4 is 16.4 Å². The number of nitrogens with one attached hydrogen (secondary N) is 2. The van der Waals surface area contributed by atoms with Crippen LogP contribution in [0.15, 0.2) is 48.5 Å². The van der Waals surface area contributed by atoms with Crippen molar-refractivity contribution in [2.24, 2.45) is 5.73 Å². The van der Waals surface area contributed by atoms with Gasteiger partial charge in [-0.3, -0.25) is 9.59 Å². The molecule has 0 radical (unpaired) electrons. The minimum absolute atomic E-state index is 0. The molecule has 2 aromatic carbocycles. The van der Waals surface area contributed by atoms with Crippen molar-refractivity contribution in [1.29, 1.82) is 0 Å². The number of rotatable bonds is 7. The number of aryl methyl sites for hydroxylation is 1. The maximum Gasteiger partial charge on any atom is 0.251 e. The quantitative estimate of drug-likeness (QED) is 0.661. The van der Waals surface area contributed by atoms with E-state index in [2.05, 4.69) is 24.5 Å². The van der Waals surface area contributed by atoms with Crippen LogP contribution in [-0.2, 0) is 4.79 Å². The summed E-state index contributed by atoms with van der Waals surface area (Å²) in [6, 6.07) is 14.5. The summed E-state index contributed by atoms with van der Waals surface area (Å²) in [6.45, 7) is 8.02. The Bertz CT molecular complexity index is 792. The fourth-order valence-electron chi connectivity index (χ4n) is 2.90. The average molecular weight is 404 g/mol. The van der Waals surface area contributed by atoms with E-state index < -0.39 is 6.04 Å². The smallest absolute Gasteiger partial charge is 0.251 e. The molecule has 0 unspecified atom stereocenters. The zero-order valence-electron chi connectivity index (χ0n) is 16.9. The topological polar surface area (TPSA) is 84.2 Å². The second-order valence-corrected chi connectivity index (χ2v) is 7.22. The summed E-state index contributed by atoms with van der Waals surface area (Å²) in [5.41, 5.74) is 9.32. The summed E-state index contributed by atoms with van der Waals surface area (Å²) in [4.78, 5) is 24.9. The Morgan fingerprint density at radius 1 is 1.04 bits per heavy atom. The zero-order valence-corrected chi connectivity index (χ0v) is 17.7. The zero-order chi connectivity index (χ0) is 20.0. The van der Waals surface area contributed by atoms with E-state index in [4.69, 9.17) is 5.73 Å². The second-order valence-electron chi connectivity index (χ2n) is 7.22. The molecule has 0 spiro atoms. The molecule has 28 heavy (non-hydrogen) atoms. The predicted octanol–water partition coefficient (Wildman–Crippen LogP) is 3.47. The number of amides is 2. The first-order valence-corrected chi connectivity index (χ1v) is 9.29. The molecule has 2 aromatic rings. The number of carbonyl (C=O) groups excluding carboxylic acids is 2. The summed E-state index contributed by atoms with van der Waals surface area (Å²) in [6.07, 6.45) is 0. The molecule has 2 rings (SSSR count). The standard InChI is InChI=1S/C22H29N3O2.ClH/c1-14(2)18-11-10-15(3)12-19(18)22(27)24-13-20(25-21(26)16(4)23)17-8-6-5-7-9-17;/h5-12,14,16,20H,13,23H2,1-4H3,(H,24,27)(H,25,26);1H/t16-,20-;/m1./s1. The molecular weight excluding hydrogens is 374 g/mol. The van der Waals surface area contributed by atoms with Gasteiger partial charge in [-0.15, -0.1) is 12.4 Å². The van der Waals surface area contributed by atoms with E-state index in [1.807, 2.05) is 55.5 Å². The molecule has 5 nitrogen and oxygen atoms in total. The van der Waals surface area contributed by atoms with Gasteiger partial charge < -0.3 is 16.4 Å². The Morgan fingerprint density at radius 2 is 1.68 bits per heavy atom. The third kappa shape index (κ3) is 6.36. The van der Waals surface area contributed by atoms with Gasteiger partial charge in [0.1, 0.15) is 0 Å². The minimum atomic E-state index is -0.615. The molecule has 0 aliphatic carbocycles. The molecule has 6 heteroatoms. The van der Waals surface area contributed by atoms with Crippen molar-refractivity contribution in [3.8, 4) is 0 Å². The van der Waals surface area contributed by atoms with Crippen LogP contribution in [0.25, 0.3) is 0 Å². The van der Waals surface area contributed by atoms with Gasteiger partial charge in [0.25, 0.3) is 5.91 Å². The van der Waals surface area contributed by atoms with Gasteiger partial charge >= 0.3 is 0 Å². The van der Waals surface area contributed by atoms with E-state index in [-0.39, 0.29) is 42.7 Å². The highest BCUT2D eigenvalue weighted by atomic mass is 35.5. The fourth-order valence-corrected chi connectivity index (χ4v) is 2.90. The van der Waals surface area contributed by atoms with Crippen LogP contribution >= 0.6 is 12.4 Å². The number of hydrogen-bond acceptors (Lipinski definition) is 3. The highest BCUT2D eigenvalue weighted by Gasteiger charge is 2.19. The van der Waals surface area contributed by atoms with Gasteiger partial charge in [0, 0.05) is 12.1 Å². The van der Waals surface area contributed by atoms with Gasteiger partial charge in [-0.1, -0.05) is 61.9 Å². The summed E-state index contributed by atoms with van der Waals surface area (Å²) in [5, 5.41) is 5.88. The second kappa shape index (κ2) is 10.8. The van der Waals surface area contributed by atoms with E-state index in [0.717, 1.165) is 16.7 Å². The van der Waals surface area contributed by atoms with Crippen LogP contribution in [0.5, 0.6) is 0 Å². The number of hydrogen-bond donors (Lipinski definition) is 3. The van der Waals surface area contributed by atoms with Gasteiger partial charge in [-0.05, 0) is 37.0 Å². The van der Waals surface area contributed by atoms with Gasteiger partial charge in [-0.25, -0.2) is 0 Å². The van der Waals surface area contributed by atoms with Crippen LogP contribution in [-0.4, -0.2) is 24.4 Å². The van der Waals surface area contributed by atoms with Gasteiger partial charge in [-0.2, -0.15) is 0 Å². The molecular formula is C22H30ClN3O2. The van der Waals surface area contributed by atoms with Crippen molar-refractivity contribution in [2.75, 3.05) is 6.54 Å². The van der Waals surface area contributed by atoms with E-state index in [1.54, 1.807) is 6.92 Å². The Hall–Kier alpha value is -2.37. The summed E-state index contributed by atoms with van der Waals surface area (Å²) < 4.78 is 0. The molecule has 0 saturated carbocycles. The lowest BCUT2D eigenvalue weighted by atomic mass is 9.95. The Morgan fingerprint density at radius 3 is 2.25 bits per heavy atom. The highest BCUT2D eigenvalue weighted by Crippen LogP contribution is 2.21. The third-order valence-corrected chi connectivity index (χ3v) is 4.47. The predicted molar refractivity (Wildman–Crippen MR) is 116 cm³/mol. The average Bonchev–Trinajstić information content (AvgIpc) is 2.64. The minimum Gasteiger partial charge on any atom is -0.350 e. The van der Waals surface area contributed by atoms with Crippen molar-refractivity contribution in [3.05, 3.63) is 70.8 Å². The van der Waals surface area contributed by atoms with Crippen LogP contribution in [0.3, 0.4) is 0 Å². The van der Waals surface area contributed by atoms with Crippen molar-refractivity contribution >= 4 is 24.2 Å². The summed E-state index contributed by atoms with van der Waals surface area (Å²) in [7, 11) is 0. The molecule has 0 aliphatic rings. The SMILES string of the molecule is Cc1ccc(C(C)C)c(C(=O)NC[C@@H](NC(=O)[C@@H](C)N)c2ccccc2)c1.Cl. The molecule has 0 bridgehead atoms. The van der Waals surface area contributed by atoms with Crippen molar-refractivity contribution in [2.45, 2.75) is 45.7 Å². The molecule has 2 atom stereocenters. The van der Waals surface area contributed by atoms with Crippen molar-refractivity contribution in [3.63, 3.8) is 0 Å². The lowest BCUT2D eigenvalue weighted by molar-refractivity contribution is -0.122. The molecule has 0 saturated heterocycles. The van der Waals surface area contributed by atoms with E-state index >= 15 is 0 Å². The fraction of sp³-hybridized carbons (Fsp3) is 0.364. The van der Waals surface area contributed by atoms with E-state index in [0.29, 0.717) is 5.56 Å². The van der Waals surface area contributed by atoms with E-state index in [9.17, 15) is 9.59 Å². The Kier molecular flexibility index (Phi) is 9.16. The van der Waals surface area contributed by atoms with Crippen molar-refractivity contribution in [1.82, 2.24) is 10.6 Å². The first-order valence-electron chi connectivity index (χ1n) is 9.29. The molecule has 0 aromatic heterocycles. The largest absolute Gasteiger partial charge is 0.350 e. The van der Waals surface area contributed by atoms with Gasteiger partial charge in [0.05, 0.1) is 12.1 Å². The lowest BCUT2D eigenvalue weighted by Crippen LogP contribution is -2.44. The van der Waals surface area contributed by atoms with Crippen LogP contribution in [0.1, 0.15) is 59.8 Å². The molecule has 0 aliphatic heterocycles. The molecule has 4 N–H and O–H groups in total. The van der Waals surface area contributed by atoms with Crippen LogP contribution in [0.2, 0.25) is 0 Å². The van der Waals surface area contributed by atoms with Gasteiger partial charge in [0.2, 0.25) is 5.91 Å². The number of nitrogens with two attached hydrogens (primary N) is 1. The first kappa shape index (κ1) is 23.7. The first-order chi connectivity index (χ1) is 12.8. The number of halogens is 1. The van der Waals surface area contributed by atoms with Gasteiger partial charge in [0.15, 0.2) is 0 Å². The van der Waals surface area contributed by atoms with Crippen molar-refractivity contribution < 1.29 is 9.59 Å².